The zero-order valence-corrected chi connectivity index (χ0v) is 25.8. The first-order valence-corrected chi connectivity index (χ1v) is 16.1. The first-order chi connectivity index (χ1) is 22.6. The minimum Gasteiger partial charge on any atom is -0.455 e. The van der Waals surface area contributed by atoms with E-state index < -0.39 is 0 Å². The van der Waals surface area contributed by atoms with Gasteiger partial charge in [-0.1, -0.05) is 147 Å². The summed E-state index contributed by atoms with van der Waals surface area (Å²) < 4.78 is 7.08. The topological polar surface area (TPSA) is 13.1 Å². The monoisotopic (exact) mass is 586 g/mol. The van der Waals surface area contributed by atoms with Crippen LogP contribution in [0.3, 0.4) is 0 Å². The second-order valence-corrected chi connectivity index (χ2v) is 13.2. The van der Waals surface area contributed by atoms with Crippen molar-refractivity contribution in [2.24, 2.45) is 0 Å². The largest absolute Gasteiger partial charge is 0.455 e. The van der Waals surface area contributed by atoms with Crippen LogP contribution in [0, 0.1) is 0 Å². The molecule has 0 amide bonds. The number of fused-ring (bicyclic) bond motifs is 11. The quantitative estimate of drug-likeness (QED) is 0.184. The highest BCUT2D eigenvalue weighted by Gasteiger charge is 2.39. The van der Waals surface area contributed by atoms with Gasteiger partial charge in [0.25, 0.3) is 0 Å². The Balaban J connectivity index is 1.46. The van der Waals surface area contributed by atoms with Crippen LogP contribution >= 0.6 is 0 Å². The van der Waals surface area contributed by atoms with Crippen molar-refractivity contribution in [3.8, 4) is 33.4 Å². The van der Waals surface area contributed by atoms with E-state index in [-0.39, 0.29) is 5.41 Å². The molecule has 0 fully saturated rings. The minimum absolute atomic E-state index is 0.183. The molecule has 1 aliphatic rings. The molecule has 0 atom stereocenters. The third-order valence-corrected chi connectivity index (χ3v) is 10.4. The van der Waals surface area contributed by atoms with Crippen LogP contribution in [0.5, 0.6) is 0 Å². The van der Waals surface area contributed by atoms with Gasteiger partial charge >= 0.3 is 0 Å². The fourth-order valence-corrected chi connectivity index (χ4v) is 8.49. The number of hydrogen-bond donors (Lipinski definition) is 0. The fourth-order valence-electron chi connectivity index (χ4n) is 8.49. The molecule has 0 bridgehead atoms. The number of furan rings is 1. The molecule has 216 valence electrons. The molecule has 0 saturated carbocycles. The van der Waals surface area contributed by atoms with E-state index >= 15 is 0 Å². The molecule has 0 saturated heterocycles. The summed E-state index contributed by atoms with van der Waals surface area (Å²) in [6, 6.07) is 53.1. The van der Waals surface area contributed by atoms with Crippen LogP contribution in [-0.2, 0) is 5.41 Å². The maximum absolute atomic E-state index is 7.08. The van der Waals surface area contributed by atoms with Gasteiger partial charge in [-0.2, -0.15) is 0 Å². The van der Waals surface area contributed by atoms with Gasteiger partial charge in [0.2, 0.25) is 0 Å². The Labute approximate surface area is 267 Å². The van der Waals surface area contributed by atoms with Crippen molar-refractivity contribution >= 4 is 54.3 Å². The van der Waals surface area contributed by atoms with Crippen molar-refractivity contribution in [3.63, 3.8) is 0 Å². The molecule has 1 aromatic heterocycles. The third kappa shape index (κ3) is 3.30. The van der Waals surface area contributed by atoms with Gasteiger partial charge < -0.3 is 4.42 Å². The van der Waals surface area contributed by atoms with Crippen molar-refractivity contribution in [2.45, 2.75) is 19.3 Å². The van der Waals surface area contributed by atoms with E-state index in [4.69, 9.17) is 4.42 Å². The van der Waals surface area contributed by atoms with Crippen molar-refractivity contribution in [3.05, 3.63) is 157 Å². The molecular weight excluding hydrogens is 556 g/mol. The van der Waals surface area contributed by atoms with Crippen LogP contribution in [0.2, 0.25) is 0 Å². The van der Waals surface area contributed by atoms with Gasteiger partial charge in [0, 0.05) is 27.3 Å². The SMILES string of the molecule is CC1(C)c2ccccc2-c2cc(-c3c4ccccc4c(-c4ccccc4)c4ccccc34)c3oc4ccc5ccccc5c4c3c21. The average Bonchev–Trinajstić information content (AvgIpc) is 3.60. The van der Waals surface area contributed by atoms with Gasteiger partial charge in [-0.05, 0) is 77.8 Å². The highest BCUT2D eigenvalue weighted by atomic mass is 16.3. The molecule has 8 aromatic carbocycles. The average molecular weight is 587 g/mol. The van der Waals surface area contributed by atoms with Crippen LogP contribution in [0.4, 0.5) is 0 Å². The molecule has 1 aliphatic carbocycles. The standard InChI is InChI=1S/C45H30O/c1-45(2)37-23-13-12-18-30(37)35-26-36(44-42(43(35)45)41-29-17-7-6-14-27(29)24-25-38(41)46-44)40-33-21-10-8-19-31(33)39(28-15-4-3-5-16-28)32-20-9-11-22-34(32)40/h3-26H,1-2H3. The van der Waals surface area contributed by atoms with E-state index in [2.05, 4.69) is 159 Å². The van der Waals surface area contributed by atoms with E-state index in [1.807, 2.05) is 0 Å². The molecule has 0 unspecified atom stereocenters. The van der Waals surface area contributed by atoms with Crippen molar-refractivity contribution in [1.29, 1.82) is 0 Å². The first-order valence-electron chi connectivity index (χ1n) is 16.1. The van der Waals surface area contributed by atoms with Gasteiger partial charge in [0.1, 0.15) is 11.2 Å². The Hall–Kier alpha value is -5.66. The van der Waals surface area contributed by atoms with Gasteiger partial charge in [-0.3, -0.25) is 0 Å². The normalized spacial score (nSPS) is 13.6. The summed E-state index contributed by atoms with van der Waals surface area (Å²) in [6.07, 6.45) is 0. The first kappa shape index (κ1) is 25.6. The smallest absolute Gasteiger partial charge is 0.143 e. The Morgan fingerprint density at radius 3 is 1.76 bits per heavy atom. The molecule has 0 N–H and O–H groups in total. The highest BCUT2D eigenvalue weighted by molar-refractivity contribution is 6.28. The molecule has 0 spiro atoms. The third-order valence-electron chi connectivity index (χ3n) is 10.4. The zero-order chi connectivity index (χ0) is 30.6. The van der Waals surface area contributed by atoms with E-state index in [9.17, 15) is 0 Å². The predicted octanol–water partition coefficient (Wildman–Crippen LogP) is 12.7. The molecule has 9 aromatic rings. The van der Waals surface area contributed by atoms with Gasteiger partial charge in [-0.25, -0.2) is 0 Å². The molecule has 10 rings (SSSR count). The Morgan fingerprint density at radius 2 is 1.04 bits per heavy atom. The second-order valence-electron chi connectivity index (χ2n) is 13.2. The Morgan fingerprint density at radius 1 is 0.457 bits per heavy atom. The van der Waals surface area contributed by atoms with Crippen LogP contribution < -0.4 is 0 Å². The molecule has 0 aliphatic heterocycles. The van der Waals surface area contributed by atoms with E-state index in [0.717, 1.165) is 16.7 Å². The van der Waals surface area contributed by atoms with E-state index in [1.54, 1.807) is 0 Å². The highest BCUT2D eigenvalue weighted by Crippen LogP contribution is 2.57. The maximum Gasteiger partial charge on any atom is 0.143 e. The van der Waals surface area contributed by atoms with Crippen LogP contribution in [0.25, 0.3) is 87.6 Å². The number of benzene rings is 8. The number of rotatable bonds is 2. The Bertz CT molecular complexity index is 2650. The molecule has 0 radical (unpaired) electrons. The lowest BCUT2D eigenvalue weighted by Gasteiger charge is -2.23. The van der Waals surface area contributed by atoms with Gasteiger partial charge in [0.05, 0.1) is 0 Å². The molecule has 46 heavy (non-hydrogen) atoms. The summed E-state index contributed by atoms with van der Waals surface area (Å²) in [7, 11) is 0. The lowest BCUT2D eigenvalue weighted by Crippen LogP contribution is -2.15. The van der Waals surface area contributed by atoms with Crippen molar-refractivity contribution in [2.75, 3.05) is 0 Å². The predicted molar refractivity (Wildman–Crippen MR) is 195 cm³/mol. The summed E-state index contributed by atoms with van der Waals surface area (Å²) in [6.45, 7) is 4.75. The van der Waals surface area contributed by atoms with Crippen molar-refractivity contribution in [1.82, 2.24) is 0 Å². The van der Waals surface area contributed by atoms with Crippen LogP contribution in [0.1, 0.15) is 25.0 Å². The zero-order valence-electron chi connectivity index (χ0n) is 25.8. The number of hydrogen-bond acceptors (Lipinski definition) is 1. The molecule has 1 nitrogen and oxygen atoms in total. The maximum atomic E-state index is 7.08. The minimum atomic E-state index is -0.183. The summed E-state index contributed by atoms with van der Waals surface area (Å²) in [5, 5.41) is 9.88. The summed E-state index contributed by atoms with van der Waals surface area (Å²) in [5.74, 6) is 0. The second kappa shape index (κ2) is 9.19. The van der Waals surface area contributed by atoms with Gasteiger partial charge in [-0.15, -0.1) is 0 Å². The molecule has 1 heterocycles. The molecule has 1 heteroatoms. The van der Waals surface area contributed by atoms with E-state index in [0.29, 0.717) is 0 Å². The van der Waals surface area contributed by atoms with Gasteiger partial charge in [0.15, 0.2) is 0 Å². The van der Waals surface area contributed by atoms with Crippen molar-refractivity contribution < 1.29 is 4.42 Å². The van der Waals surface area contributed by atoms with Crippen LogP contribution in [0.15, 0.2) is 150 Å². The lowest BCUT2D eigenvalue weighted by molar-refractivity contribution is 0.657. The fraction of sp³-hybridized carbons (Fsp3) is 0.0667. The lowest BCUT2D eigenvalue weighted by atomic mass is 9.79. The summed E-state index contributed by atoms with van der Waals surface area (Å²) >= 11 is 0. The summed E-state index contributed by atoms with van der Waals surface area (Å²) in [5.41, 5.74) is 11.9. The van der Waals surface area contributed by atoms with E-state index in [1.165, 1.54) is 82.0 Å². The van der Waals surface area contributed by atoms with Crippen LogP contribution in [-0.4, -0.2) is 0 Å². The Kier molecular flexibility index (Phi) is 5.12. The summed E-state index contributed by atoms with van der Waals surface area (Å²) in [4.78, 5) is 0. The molecular formula is C45H30O.